The van der Waals surface area contributed by atoms with Gasteiger partial charge in [0.25, 0.3) is 0 Å². The maximum absolute atomic E-state index is 12.2. The fraction of sp³-hybridized carbons (Fsp3) is 1.00. The van der Waals surface area contributed by atoms with E-state index in [0.29, 0.717) is 6.42 Å². The highest BCUT2D eigenvalue weighted by Gasteiger charge is 2.15. The molecule has 0 rings (SSSR count). The van der Waals surface area contributed by atoms with Gasteiger partial charge in [0.2, 0.25) is 0 Å². The van der Waals surface area contributed by atoms with Crippen LogP contribution in [0.4, 0.5) is 4.20 Å². The van der Waals surface area contributed by atoms with Gasteiger partial charge in [-0.25, -0.2) is 4.57 Å². The van der Waals surface area contributed by atoms with Gasteiger partial charge in [-0.3, -0.25) is 9.42 Å². The van der Waals surface area contributed by atoms with Crippen molar-refractivity contribution in [3.63, 3.8) is 0 Å². The zero-order valence-electron chi connectivity index (χ0n) is 15.1. The molecule has 0 radical (unpaired) electrons. The van der Waals surface area contributed by atoms with E-state index in [1.807, 2.05) is 0 Å². The summed E-state index contributed by atoms with van der Waals surface area (Å²) in [6.45, 7) is 2.30. The van der Waals surface area contributed by atoms with Gasteiger partial charge in [-0.1, -0.05) is 103 Å². The highest BCUT2D eigenvalue weighted by molar-refractivity contribution is 7.46. The topological polar surface area (TPSA) is 46.5 Å². The predicted molar refractivity (Wildman–Crippen MR) is 96.4 cm³/mol. The second kappa shape index (κ2) is 16.9. The van der Waals surface area contributed by atoms with Crippen LogP contribution < -0.4 is 0 Å². The summed E-state index contributed by atoms with van der Waals surface area (Å²) >= 11 is 0. The van der Waals surface area contributed by atoms with E-state index in [2.05, 4.69) is 11.4 Å². The standard InChI is InChI=1S/C18H38FO3P/c1-2-3-4-5-6-7-8-9-10-11-12-13-14-15-16-17-18-22-23(19,20)21/h2-18H2,1H3,(H,20,21). The zero-order valence-corrected chi connectivity index (χ0v) is 16.0. The van der Waals surface area contributed by atoms with Gasteiger partial charge >= 0.3 is 7.91 Å². The van der Waals surface area contributed by atoms with Crippen LogP contribution in [0.25, 0.3) is 0 Å². The third kappa shape index (κ3) is 22.1. The first-order valence-electron chi connectivity index (χ1n) is 9.73. The lowest BCUT2D eigenvalue weighted by Gasteiger charge is -2.04. The summed E-state index contributed by atoms with van der Waals surface area (Å²) in [4.78, 5) is 8.31. The molecule has 0 aromatic rings. The van der Waals surface area contributed by atoms with Crippen molar-refractivity contribution in [1.29, 1.82) is 0 Å². The average Bonchev–Trinajstić information content (AvgIpc) is 2.49. The molecule has 1 unspecified atom stereocenters. The minimum Gasteiger partial charge on any atom is -0.299 e. The number of hydrogen-bond acceptors (Lipinski definition) is 2. The lowest BCUT2D eigenvalue weighted by molar-refractivity contribution is 0.221. The van der Waals surface area contributed by atoms with E-state index >= 15 is 0 Å². The minimum absolute atomic E-state index is 0.0444. The van der Waals surface area contributed by atoms with Crippen molar-refractivity contribution >= 4 is 7.91 Å². The van der Waals surface area contributed by atoms with Crippen LogP contribution in [0.1, 0.15) is 110 Å². The SMILES string of the molecule is CCCCCCCCCCCCCCCCCCOP(=O)(O)F. The lowest BCUT2D eigenvalue weighted by Crippen LogP contribution is -1.90. The monoisotopic (exact) mass is 352 g/mol. The quantitative estimate of drug-likeness (QED) is 0.207. The Kier molecular flexibility index (Phi) is 17.0. The summed E-state index contributed by atoms with van der Waals surface area (Å²) in [5.74, 6) is 0. The van der Waals surface area contributed by atoms with Gasteiger partial charge in [0, 0.05) is 0 Å². The Morgan fingerprint density at radius 3 is 1.30 bits per heavy atom. The van der Waals surface area contributed by atoms with Crippen LogP contribution in [-0.2, 0) is 9.09 Å². The third-order valence-corrected chi connectivity index (χ3v) is 4.75. The Morgan fingerprint density at radius 2 is 1.00 bits per heavy atom. The van der Waals surface area contributed by atoms with Gasteiger partial charge in [0.05, 0.1) is 6.61 Å². The number of rotatable bonds is 18. The summed E-state index contributed by atoms with van der Waals surface area (Å²) in [7, 11) is -4.76. The van der Waals surface area contributed by atoms with Crippen molar-refractivity contribution in [2.45, 2.75) is 110 Å². The van der Waals surface area contributed by atoms with E-state index in [1.165, 1.54) is 83.5 Å². The molecular weight excluding hydrogens is 314 g/mol. The Balaban J connectivity index is 3.01. The maximum atomic E-state index is 12.2. The fourth-order valence-electron chi connectivity index (χ4n) is 2.83. The molecule has 0 aliphatic heterocycles. The zero-order chi connectivity index (χ0) is 17.2. The molecule has 23 heavy (non-hydrogen) atoms. The van der Waals surface area contributed by atoms with Gasteiger partial charge in [-0.15, -0.1) is 4.20 Å². The molecule has 0 amide bonds. The van der Waals surface area contributed by atoms with Crippen LogP contribution in [0.2, 0.25) is 0 Å². The molecule has 3 nitrogen and oxygen atoms in total. The van der Waals surface area contributed by atoms with Crippen molar-refractivity contribution in [2.75, 3.05) is 6.61 Å². The van der Waals surface area contributed by atoms with Crippen molar-refractivity contribution in [2.24, 2.45) is 0 Å². The number of unbranched alkanes of at least 4 members (excludes halogenated alkanes) is 15. The Morgan fingerprint density at radius 1 is 0.696 bits per heavy atom. The molecular formula is C18H38FO3P. The highest BCUT2D eigenvalue weighted by Crippen LogP contribution is 2.43. The molecule has 0 saturated heterocycles. The average molecular weight is 352 g/mol. The molecule has 0 aliphatic carbocycles. The Labute approximate surface area is 143 Å². The molecule has 0 spiro atoms. The van der Waals surface area contributed by atoms with Gasteiger partial charge in [0.15, 0.2) is 0 Å². The second-order valence-electron chi connectivity index (χ2n) is 6.59. The van der Waals surface area contributed by atoms with Crippen LogP contribution in [0, 0.1) is 0 Å². The predicted octanol–water partition coefficient (Wildman–Crippen LogP) is 7.33. The number of halogens is 1. The van der Waals surface area contributed by atoms with Crippen molar-refractivity contribution < 1.29 is 18.2 Å². The highest BCUT2D eigenvalue weighted by atomic mass is 31.2. The van der Waals surface area contributed by atoms with Gasteiger partial charge in [-0.05, 0) is 6.42 Å². The summed E-state index contributed by atoms with van der Waals surface area (Å²) in [6, 6.07) is 0. The van der Waals surface area contributed by atoms with Crippen LogP contribution in [-0.4, -0.2) is 11.5 Å². The van der Waals surface area contributed by atoms with Crippen molar-refractivity contribution in [3.05, 3.63) is 0 Å². The van der Waals surface area contributed by atoms with Crippen LogP contribution in [0.3, 0.4) is 0 Å². The molecule has 0 fully saturated rings. The molecule has 1 N–H and O–H groups in total. The van der Waals surface area contributed by atoms with Crippen molar-refractivity contribution in [3.8, 4) is 0 Å². The van der Waals surface area contributed by atoms with Crippen LogP contribution in [0.5, 0.6) is 0 Å². The maximum Gasteiger partial charge on any atom is 0.510 e. The van der Waals surface area contributed by atoms with Crippen LogP contribution >= 0.6 is 7.91 Å². The van der Waals surface area contributed by atoms with Gasteiger partial charge < -0.3 is 0 Å². The molecule has 0 aromatic heterocycles. The van der Waals surface area contributed by atoms with Crippen LogP contribution in [0.15, 0.2) is 0 Å². The Hall–Kier alpha value is 0.0800. The van der Waals surface area contributed by atoms with E-state index in [4.69, 9.17) is 4.89 Å². The van der Waals surface area contributed by atoms with E-state index in [1.54, 1.807) is 0 Å². The number of hydrogen-bond donors (Lipinski definition) is 1. The summed E-state index contributed by atoms with van der Waals surface area (Å²) < 4.78 is 26.6. The molecule has 0 bridgehead atoms. The largest absolute Gasteiger partial charge is 0.510 e. The molecule has 0 aliphatic rings. The normalized spacial score (nSPS) is 14.0. The molecule has 1 atom stereocenters. The molecule has 0 saturated carbocycles. The fourth-order valence-corrected chi connectivity index (χ4v) is 3.18. The minimum atomic E-state index is -4.76. The van der Waals surface area contributed by atoms with Gasteiger partial charge in [-0.2, -0.15) is 0 Å². The second-order valence-corrected chi connectivity index (χ2v) is 7.75. The first kappa shape index (κ1) is 23.1. The molecule has 140 valence electrons. The summed E-state index contributed by atoms with van der Waals surface area (Å²) in [5, 5.41) is 0. The third-order valence-electron chi connectivity index (χ3n) is 4.25. The van der Waals surface area contributed by atoms with Crippen molar-refractivity contribution in [1.82, 2.24) is 0 Å². The summed E-state index contributed by atoms with van der Waals surface area (Å²) in [5.41, 5.74) is 0. The van der Waals surface area contributed by atoms with E-state index in [0.717, 1.165) is 12.8 Å². The summed E-state index contributed by atoms with van der Waals surface area (Å²) in [6.07, 6.45) is 20.3. The van der Waals surface area contributed by atoms with E-state index in [9.17, 15) is 8.76 Å². The molecule has 0 heterocycles. The first-order valence-corrected chi connectivity index (χ1v) is 11.2. The molecule has 0 aromatic carbocycles. The van der Waals surface area contributed by atoms with E-state index < -0.39 is 7.91 Å². The Bertz CT molecular complexity index is 281. The lowest BCUT2D eigenvalue weighted by atomic mass is 10.0. The molecule has 5 heteroatoms. The van der Waals surface area contributed by atoms with E-state index in [-0.39, 0.29) is 6.61 Å². The first-order chi connectivity index (χ1) is 11.1. The van der Waals surface area contributed by atoms with Gasteiger partial charge in [0.1, 0.15) is 0 Å². The smallest absolute Gasteiger partial charge is 0.299 e.